The molecule has 0 saturated carbocycles. The van der Waals surface area contributed by atoms with E-state index >= 15 is 0 Å². The Balaban J connectivity index is 1.92. The SMILES string of the molecule is Cc1ccc(C[C@@]2(CCC(=O)NCCC(C)C)CCC(=O)N2)cc1. The molecule has 0 aliphatic carbocycles. The van der Waals surface area contributed by atoms with Crippen molar-refractivity contribution in [3.63, 3.8) is 0 Å². The summed E-state index contributed by atoms with van der Waals surface area (Å²) in [5, 5.41) is 6.13. The van der Waals surface area contributed by atoms with E-state index in [0.717, 1.165) is 25.8 Å². The zero-order chi connectivity index (χ0) is 17.6. The third-order valence-corrected chi connectivity index (χ3v) is 4.77. The largest absolute Gasteiger partial charge is 0.356 e. The van der Waals surface area contributed by atoms with Crippen LogP contribution in [0.1, 0.15) is 57.1 Å². The molecule has 0 bridgehead atoms. The molecule has 0 spiro atoms. The summed E-state index contributed by atoms with van der Waals surface area (Å²) < 4.78 is 0. The number of aryl methyl sites for hydroxylation is 1. The molecule has 1 fully saturated rings. The maximum absolute atomic E-state index is 12.1. The second kappa shape index (κ2) is 8.32. The van der Waals surface area contributed by atoms with E-state index in [9.17, 15) is 9.59 Å². The standard InChI is InChI=1S/C20H30N2O2/c1-15(2)10-13-21-18(23)8-11-20(12-9-19(24)22-20)14-17-6-4-16(3)5-7-17/h4-7,15H,8-14H2,1-3H3,(H,21,23)(H,22,24)/t20-/m1/s1. The lowest BCUT2D eigenvalue weighted by Crippen LogP contribution is -2.44. The lowest BCUT2D eigenvalue weighted by Gasteiger charge is -2.29. The number of amides is 2. The Morgan fingerprint density at radius 3 is 2.58 bits per heavy atom. The molecule has 1 aliphatic rings. The van der Waals surface area contributed by atoms with Gasteiger partial charge in [-0.3, -0.25) is 9.59 Å². The molecule has 4 heteroatoms. The van der Waals surface area contributed by atoms with Gasteiger partial charge in [-0.1, -0.05) is 43.7 Å². The molecule has 2 amide bonds. The first-order chi connectivity index (χ1) is 11.4. The number of nitrogens with one attached hydrogen (secondary N) is 2. The lowest BCUT2D eigenvalue weighted by atomic mass is 9.84. The van der Waals surface area contributed by atoms with Crippen LogP contribution in [-0.4, -0.2) is 23.9 Å². The summed E-state index contributed by atoms with van der Waals surface area (Å²) in [6, 6.07) is 8.42. The molecule has 132 valence electrons. The van der Waals surface area contributed by atoms with Crippen LogP contribution >= 0.6 is 0 Å². The number of hydrogen-bond acceptors (Lipinski definition) is 2. The summed E-state index contributed by atoms with van der Waals surface area (Å²) in [6.07, 6.45) is 4.31. The van der Waals surface area contributed by atoms with Gasteiger partial charge < -0.3 is 10.6 Å². The van der Waals surface area contributed by atoms with Crippen molar-refractivity contribution >= 4 is 11.8 Å². The van der Waals surface area contributed by atoms with E-state index in [1.54, 1.807) is 0 Å². The van der Waals surface area contributed by atoms with E-state index in [0.29, 0.717) is 25.2 Å². The molecule has 2 rings (SSSR count). The smallest absolute Gasteiger partial charge is 0.220 e. The van der Waals surface area contributed by atoms with Crippen molar-refractivity contribution in [1.82, 2.24) is 10.6 Å². The zero-order valence-electron chi connectivity index (χ0n) is 15.2. The minimum absolute atomic E-state index is 0.0834. The average Bonchev–Trinajstić information content (AvgIpc) is 2.89. The fraction of sp³-hybridized carbons (Fsp3) is 0.600. The number of rotatable bonds is 8. The van der Waals surface area contributed by atoms with Gasteiger partial charge in [-0.25, -0.2) is 0 Å². The van der Waals surface area contributed by atoms with Gasteiger partial charge in [0.15, 0.2) is 0 Å². The molecule has 1 saturated heterocycles. The highest BCUT2D eigenvalue weighted by atomic mass is 16.2. The number of carbonyl (C=O) groups is 2. The van der Waals surface area contributed by atoms with Crippen LogP contribution in [0.2, 0.25) is 0 Å². The Hall–Kier alpha value is -1.84. The first-order valence-corrected chi connectivity index (χ1v) is 9.02. The van der Waals surface area contributed by atoms with Crippen molar-refractivity contribution in [1.29, 1.82) is 0 Å². The maximum atomic E-state index is 12.1. The van der Waals surface area contributed by atoms with Crippen LogP contribution in [0.15, 0.2) is 24.3 Å². The molecule has 0 unspecified atom stereocenters. The van der Waals surface area contributed by atoms with E-state index in [2.05, 4.69) is 55.7 Å². The fourth-order valence-corrected chi connectivity index (χ4v) is 3.22. The van der Waals surface area contributed by atoms with Crippen molar-refractivity contribution in [3.8, 4) is 0 Å². The Morgan fingerprint density at radius 1 is 1.29 bits per heavy atom. The second-order valence-corrected chi connectivity index (χ2v) is 7.52. The molecule has 24 heavy (non-hydrogen) atoms. The molecular formula is C20H30N2O2. The van der Waals surface area contributed by atoms with Gasteiger partial charge in [0.05, 0.1) is 0 Å². The van der Waals surface area contributed by atoms with Gasteiger partial charge in [-0.15, -0.1) is 0 Å². The topological polar surface area (TPSA) is 58.2 Å². The molecule has 2 N–H and O–H groups in total. The molecule has 1 heterocycles. The Kier molecular flexibility index (Phi) is 6.41. The van der Waals surface area contributed by atoms with Gasteiger partial charge in [0.1, 0.15) is 0 Å². The van der Waals surface area contributed by atoms with Gasteiger partial charge in [-0.2, -0.15) is 0 Å². The number of carbonyl (C=O) groups excluding carboxylic acids is 2. The zero-order valence-corrected chi connectivity index (χ0v) is 15.2. The third kappa shape index (κ3) is 5.66. The Labute approximate surface area is 145 Å². The highest BCUT2D eigenvalue weighted by Crippen LogP contribution is 2.29. The van der Waals surface area contributed by atoms with E-state index < -0.39 is 0 Å². The van der Waals surface area contributed by atoms with Crippen LogP contribution in [0.25, 0.3) is 0 Å². The van der Waals surface area contributed by atoms with Gasteiger partial charge in [0.25, 0.3) is 0 Å². The highest BCUT2D eigenvalue weighted by molar-refractivity contribution is 5.80. The predicted molar refractivity (Wildman–Crippen MR) is 96.7 cm³/mol. The summed E-state index contributed by atoms with van der Waals surface area (Å²) in [6.45, 7) is 7.10. The maximum Gasteiger partial charge on any atom is 0.220 e. The summed E-state index contributed by atoms with van der Waals surface area (Å²) in [7, 11) is 0. The molecule has 0 aromatic heterocycles. The Morgan fingerprint density at radius 2 is 2.00 bits per heavy atom. The van der Waals surface area contributed by atoms with Crippen molar-refractivity contribution in [2.75, 3.05) is 6.54 Å². The van der Waals surface area contributed by atoms with E-state index in [1.165, 1.54) is 11.1 Å². The molecule has 1 aromatic rings. The lowest BCUT2D eigenvalue weighted by molar-refractivity contribution is -0.122. The summed E-state index contributed by atoms with van der Waals surface area (Å²) >= 11 is 0. The Bertz CT molecular complexity index is 566. The number of benzene rings is 1. The van der Waals surface area contributed by atoms with Crippen molar-refractivity contribution in [2.45, 2.75) is 64.8 Å². The fourth-order valence-electron chi connectivity index (χ4n) is 3.22. The van der Waals surface area contributed by atoms with Gasteiger partial charge >= 0.3 is 0 Å². The third-order valence-electron chi connectivity index (χ3n) is 4.77. The van der Waals surface area contributed by atoms with E-state index in [-0.39, 0.29) is 17.4 Å². The van der Waals surface area contributed by atoms with Crippen molar-refractivity contribution in [2.24, 2.45) is 5.92 Å². The average molecular weight is 330 g/mol. The van der Waals surface area contributed by atoms with Crippen LogP contribution in [0.5, 0.6) is 0 Å². The van der Waals surface area contributed by atoms with Crippen molar-refractivity contribution in [3.05, 3.63) is 35.4 Å². The van der Waals surface area contributed by atoms with E-state index in [4.69, 9.17) is 0 Å². The highest BCUT2D eigenvalue weighted by Gasteiger charge is 2.37. The normalized spacial score (nSPS) is 20.2. The first-order valence-electron chi connectivity index (χ1n) is 9.02. The van der Waals surface area contributed by atoms with Crippen LogP contribution in [0, 0.1) is 12.8 Å². The molecule has 1 aromatic carbocycles. The molecule has 1 aliphatic heterocycles. The van der Waals surface area contributed by atoms with E-state index in [1.807, 2.05) is 0 Å². The monoisotopic (exact) mass is 330 g/mol. The quantitative estimate of drug-likeness (QED) is 0.769. The van der Waals surface area contributed by atoms with Crippen molar-refractivity contribution < 1.29 is 9.59 Å². The van der Waals surface area contributed by atoms with Gasteiger partial charge in [0, 0.05) is 24.9 Å². The van der Waals surface area contributed by atoms with Gasteiger partial charge in [0.2, 0.25) is 11.8 Å². The molecular weight excluding hydrogens is 300 g/mol. The van der Waals surface area contributed by atoms with Crippen LogP contribution in [-0.2, 0) is 16.0 Å². The summed E-state index contributed by atoms with van der Waals surface area (Å²) in [5.74, 6) is 0.773. The summed E-state index contributed by atoms with van der Waals surface area (Å²) in [5.41, 5.74) is 2.16. The minimum atomic E-state index is -0.276. The minimum Gasteiger partial charge on any atom is -0.356 e. The van der Waals surface area contributed by atoms with Crippen LogP contribution < -0.4 is 10.6 Å². The van der Waals surface area contributed by atoms with Crippen LogP contribution in [0.3, 0.4) is 0 Å². The predicted octanol–water partition coefficient (Wildman–Crippen LogP) is 3.13. The first kappa shape index (κ1) is 18.5. The molecule has 1 atom stereocenters. The number of hydrogen-bond donors (Lipinski definition) is 2. The summed E-state index contributed by atoms with van der Waals surface area (Å²) in [4.78, 5) is 23.9. The van der Waals surface area contributed by atoms with Crippen LogP contribution in [0.4, 0.5) is 0 Å². The molecule has 4 nitrogen and oxygen atoms in total. The second-order valence-electron chi connectivity index (χ2n) is 7.52. The van der Waals surface area contributed by atoms with Gasteiger partial charge in [-0.05, 0) is 44.1 Å². The molecule has 0 radical (unpaired) electrons.